The molecule has 7 heterocycles. The highest BCUT2D eigenvalue weighted by Gasteiger charge is 2.34. The molecule has 3 amide bonds. The number of nitrogens with two attached hydrogens (primary N) is 1. The van der Waals surface area contributed by atoms with E-state index in [9.17, 15) is 19.2 Å². The third-order valence-electron chi connectivity index (χ3n) is 12.6. The highest BCUT2D eigenvalue weighted by atomic mass is 19.1. The number of benzene rings is 2. The summed E-state index contributed by atoms with van der Waals surface area (Å²) in [5, 5.41) is 22.7. The number of ether oxygens (including phenoxy) is 1. The Morgan fingerprint density at radius 2 is 1.85 bits per heavy atom. The number of likely N-dealkylation sites (tertiary alicyclic amines) is 1. The minimum Gasteiger partial charge on any atom is -0.482 e. The average Bonchev–Trinajstić information content (AvgIpc) is 3.98. The van der Waals surface area contributed by atoms with Crippen LogP contribution in [0.3, 0.4) is 0 Å². The number of nitrogen functional groups attached to an aromatic ring is 1. The first kappa shape index (κ1) is 39.9. The number of aryl methyl sites for hydroxylation is 1. The minimum atomic E-state index is -0.636. The van der Waals surface area contributed by atoms with Crippen LogP contribution in [0.25, 0.3) is 10.9 Å². The monoisotopic (exact) mass is 827 g/mol. The van der Waals surface area contributed by atoms with Crippen molar-refractivity contribution in [2.24, 2.45) is 18.0 Å². The molecule has 61 heavy (non-hydrogen) atoms. The Balaban J connectivity index is 0.764. The lowest BCUT2D eigenvalue weighted by Gasteiger charge is -2.42. The van der Waals surface area contributed by atoms with Gasteiger partial charge in [0, 0.05) is 81.3 Å². The van der Waals surface area contributed by atoms with Crippen molar-refractivity contribution in [3.05, 3.63) is 89.6 Å². The summed E-state index contributed by atoms with van der Waals surface area (Å²) in [4.78, 5) is 41.8. The number of aliphatic imine (C=N–C) groups is 1. The molecule has 0 saturated carbocycles. The van der Waals surface area contributed by atoms with Crippen LogP contribution < -0.4 is 25.6 Å². The van der Waals surface area contributed by atoms with Gasteiger partial charge in [-0.2, -0.15) is 15.5 Å². The first-order chi connectivity index (χ1) is 29.6. The van der Waals surface area contributed by atoms with Crippen molar-refractivity contribution in [3.63, 3.8) is 0 Å². The summed E-state index contributed by atoms with van der Waals surface area (Å²) in [5.41, 5.74) is 10.8. The van der Waals surface area contributed by atoms with Gasteiger partial charge in [0.25, 0.3) is 0 Å². The van der Waals surface area contributed by atoms with Crippen molar-refractivity contribution in [1.82, 2.24) is 39.7 Å². The van der Waals surface area contributed by atoms with E-state index in [1.54, 1.807) is 35.6 Å². The van der Waals surface area contributed by atoms with E-state index >= 15 is 0 Å². The molecule has 16 nitrogen and oxygen atoms in total. The van der Waals surface area contributed by atoms with E-state index in [1.807, 2.05) is 40.5 Å². The number of rotatable bonds is 11. The quantitative estimate of drug-likeness (QED) is 0.176. The number of piperidine rings is 2. The van der Waals surface area contributed by atoms with E-state index in [4.69, 9.17) is 15.6 Å². The van der Waals surface area contributed by atoms with Crippen LogP contribution in [-0.2, 0) is 24.9 Å². The number of carbonyl (C=O) groups excluding carboxylic acids is 2. The lowest BCUT2D eigenvalue weighted by Crippen LogP contribution is -2.49. The Kier molecular flexibility index (Phi) is 11.0. The zero-order valence-electron chi connectivity index (χ0n) is 34.4. The lowest BCUT2D eigenvalue weighted by atomic mass is 9.93. The molecule has 3 aromatic heterocycles. The van der Waals surface area contributed by atoms with E-state index in [0.717, 1.165) is 86.1 Å². The van der Waals surface area contributed by atoms with E-state index < -0.39 is 24.2 Å². The van der Waals surface area contributed by atoms with Gasteiger partial charge in [-0.1, -0.05) is 12.1 Å². The summed E-state index contributed by atoms with van der Waals surface area (Å²) in [7, 11) is 1.89. The number of fused-ring (bicyclic) bond motifs is 1. The molecular weight excluding hydrogens is 778 g/mol. The molecule has 2 aromatic carbocycles. The molecule has 3 N–H and O–H groups in total. The fourth-order valence-electron chi connectivity index (χ4n) is 9.30. The summed E-state index contributed by atoms with van der Waals surface area (Å²) >= 11 is 0. The van der Waals surface area contributed by atoms with Gasteiger partial charge in [0.2, 0.25) is 5.91 Å². The number of hydrogen-bond acceptors (Lipinski definition) is 12. The van der Waals surface area contributed by atoms with Gasteiger partial charge in [0.15, 0.2) is 23.4 Å². The van der Waals surface area contributed by atoms with E-state index in [-0.39, 0.29) is 24.0 Å². The SMILES string of the molecule is C[C@@H](Oc1cc(C2C(C#N)N=CN2Cc2cnn(CC3CCN(C4CCN(c5ccc6c(N7CCC(=O)NC7=O)nn(C)c6c5)CC4)CC3)c2)cnc1N)c1cccc(F)c1. The van der Waals surface area contributed by atoms with Gasteiger partial charge in [-0.3, -0.25) is 29.4 Å². The van der Waals surface area contributed by atoms with Crippen molar-refractivity contribution in [1.29, 1.82) is 5.26 Å². The number of carbonyl (C=O) groups is 2. The molecule has 9 rings (SSSR count). The van der Waals surface area contributed by atoms with Gasteiger partial charge >= 0.3 is 6.03 Å². The normalized spacial score (nSPS) is 21.0. The third kappa shape index (κ3) is 8.32. The highest BCUT2D eigenvalue weighted by Crippen LogP contribution is 2.36. The fraction of sp³-hybridized carbons (Fsp3) is 0.432. The topological polar surface area (TPSA) is 179 Å². The molecule has 4 aliphatic rings. The molecule has 17 heteroatoms. The zero-order valence-corrected chi connectivity index (χ0v) is 34.4. The van der Waals surface area contributed by atoms with Gasteiger partial charge in [-0.05, 0) is 99.1 Å². The van der Waals surface area contributed by atoms with Gasteiger partial charge < -0.3 is 25.2 Å². The standard InChI is InChI=1S/C44H50FN13O3/c1-28(31-4-3-5-33(45)18-31)61-39-19-32(23-48-42(39)47)41-37(21-46)49-27-56(41)24-30-22-50-57(26-30)25-29-8-13-54(14-9-29)34-10-15-55(16-11-34)35-6-7-36-38(20-35)53(2)52-43(36)58-17-12-40(59)51-44(58)60/h3-7,18-20,22-23,26-29,34,37,41H,8-17,24-25H2,1-2H3,(H2,47,48)(H,51,59,60)/t28-,37?,41?/m1/s1. The second-order valence-corrected chi connectivity index (χ2v) is 16.6. The Morgan fingerprint density at radius 3 is 2.62 bits per heavy atom. The van der Waals surface area contributed by atoms with Crippen LogP contribution in [0.2, 0.25) is 0 Å². The van der Waals surface area contributed by atoms with Gasteiger partial charge in [-0.25, -0.2) is 14.2 Å². The summed E-state index contributed by atoms with van der Waals surface area (Å²) in [6.07, 6.45) is 11.6. The number of imide groups is 1. The van der Waals surface area contributed by atoms with Gasteiger partial charge in [0.05, 0.1) is 30.2 Å². The molecule has 0 spiro atoms. The molecule has 4 aliphatic heterocycles. The van der Waals surface area contributed by atoms with Gasteiger partial charge in [-0.15, -0.1) is 0 Å². The van der Waals surface area contributed by atoms with Crippen LogP contribution >= 0.6 is 0 Å². The van der Waals surface area contributed by atoms with E-state index in [2.05, 4.69) is 54.6 Å². The number of nitrogens with zero attached hydrogens (tertiary/aromatic N) is 11. The maximum Gasteiger partial charge on any atom is 0.329 e. The maximum atomic E-state index is 13.9. The number of nitriles is 1. The van der Waals surface area contributed by atoms with Crippen molar-refractivity contribution in [3.8, 4) is 11.8 Å². The number of hydrogen-bond donors (Lipinski definition) is 2. The van der Waals surface area contributed by atoms with E-state index in [0.29, 0.717) is 42.2 Å². The van der Waals surface area contributed by atoms with Crippen LogP contribution in [0.15, 0.2) is 72.1 Å². The Hall–Kier alpha value is -6.54. The molecule has 316 valence electrons. The fourth-order valence-corrected chi connectivity index (χ4v) is 9.30. The van der Waals surface area contributed by atoms with Crippen LogP contribution in [-0.4, -0.2) is 97.4 Å². The average molecular weight is 828 g/mol. The number of anilines is 3. The third-order valence-corrected chi connectivity index (χ3v) is 12.6. The first-order valence-corrected chi connectivity index (χ1v) is 21.0. The number of amides is 3. The minimum absolute atomic E-state index is 0.211. The second-order valence-electron chi connectivity index (χ2n) is 16.6. The molecule has 0 bridgehead atoms. The number of halogens is 1. The number of nitrogens with one attached hydrogen (secondary N) is 1. The number of pyridine rings is 1. The van der Waals surface area contributed by atoms with Crippen LogP contribution in [0.4, 0.5) is 26.5 Å². The predicted molar refractivity (Wildman–Crippen MR) is 228 cm³/mol. The smallest absolute Gasteiger partial charge is 0.329 e. The Morgan fingerprint density at radius 1 is 1.03 bits per heavy atom. The van der Waals surface area contributed by atoms with Crippen LogP contribution in [0.1, 0.15) is 67.9 Å². The van der Waals surface area contributed by atoms with Crippen molar-refractivity contribution in [2.75, 3.05) is 48.3 Å². The molecule has 3 saturated heterocycles. The summed E-state index contributed by atoms with van der Waals surface area (Å²) in [5.74, 6) is 1.09. The largest absolute Gasteiger partial charge is 0.482 e. The molecule has 3 fully saturated rings. The predicted octanol–water partition coefficient (Wildman–Crippen LogP) is 5.33. The second kappa shape index (κ2) is 16.8. The van der Waals surface area contributed by atoms with Crippen molar-refractivity contribution < 1.29 is 18.7 Å². The van der Waals surface area contributed by atoms with Crippen LogP contribution in [0.5, 0.6) is 5.75 Å². The van der Waals surface area contributed by atoms with Crippen molar-refractivity contribution >= 4 is 46.5 Å². The molecule has 0 aliphatic carbocycles. The Labute approximate surface area is 353 Å². The summed E-state index contributed by atoms with van der Waals surface area (Å²) in [6.45, 7) is 7.62. The highest BCUT2D eigenvalue weighted by molar-refractivity contribution is 6.09. The number of urea groups is 1. The molecule has 3 atom stereocenters. The van der Waals surface area contributed by atoms with Crippen LogP contribution in [0, 0.1) is 23.1 Å². The van der Waals surface area contributed by atoms with Gasteiger partial charge in [0.1, 0.15) is 11.9 Å². The Bertz CT molecular complexity index is 2500. The first-order valence-electron chi connectivity index (χ1n) is 21.0. The summed E-state index contributed by atoms with van der Waals surface area (Å²) < 4.78 is 23.9. The maximum absolute atomic E-state index is 13.9. The molecule has 5 aromatic rings. The summed E-state index contributed by atoms with van der Waals surface area (Å²) in [6, 6.07) is 15.8. The lowest BCUT2D eigenvalue weighted by molar-refractivity contribution is -0.120. The molecular formula is C44H50FN13O3. The van der Waals surface area contributed by atoms with E-state index in [1.165, 1.54) is 12.1 Å². The number of aromatic nitrogens is 5. The molecule has 0 radical (unpaired) electrons. The molecule has 2 unspecified atom stereocenters. The zero-order chi connectivity index (χ0) is 42.2. The van der Waals surface area contributed by atoms with Crippen molar-refractivity contribution in [2.45, 2.75) is 76.3 Å².